The Hall–Kier alpha value is -3.45. The Morgan fingerprint density at radius 2 is 1.55 bits per heavy atom. The van der Waals surface area contributed by atoms with Crippen molar-refractivity contribution in [3.8, 4) is 6.07 Å². The van der Waals surface area contributed by atoms with Crippen molar-refractivity contribution >= 4 is 28.1 Å². The lowest BCUT2D eigenvalue weighted by Crippen LogP contribution is -2.62. The molecule has 0 spiro atoms. The fourth-order valence-electron chi connectivity index (χ4n) is 6.13. The number of benzene rings is 3. The highest BCUT2D eigenvalue weighted by Gasteiger charge is 2.61. The van der Waals surface area contributed by atoms with Crippen LogP contribution in [0.1, 0.15) is 97.8 Å². The maximum atomic E-state index is 9.31. The number of rotatable bonds is 4. The van der Waals surface area contributed by atoms with Gasteiger partial charge in [0.15, 0.2) is 0 Å². The zero-order chi connectivity index (χ0) is 28.1. The van der Waals surface area contributed by atoms with Gasteiger partial charge in [0, 0.05) is 22.6 Å². The van der Waals surface area contributed by atoms with Gasteiger partial charge in [-0.2, -0.15) is 5.26 Å². The van der Waals surface area contributed by atoms with E-state index < -0.39 is 0 Å². The summed E-state index contributed by atoms with van der Waals surface area (Å²) in [6, 6.07) is 23.0. The van der Waals surface area contributed by atoms with Gasteiger partial charge in [-0.15, -0.1) is 0 Å². The van der Waals surface area contributed by atoms with Crippen LogP contribution in [0, 0.1) is 22.7 Å². The van der Waals surface area contributed by atoms with Crippen LogP contribution < -0.4 is 4.90 Å². The van der Waals surface area contributed by atoms with Crippen LogP contribution in [0.15, 0.2) is 65.7 Å². The number of amidine groups is 2. The van der Waals surface area contributed by atoms with E-state index in [1.807, 2.05) is 56.9 Å². The molecule has 0 amide bonds. The van der Waals surface area contributed by atoms with E-state index >= 15 is 0 Å². The first-order valence-corrected chi connectivity index (χ1v) is 14.4. The summed E-state index contributed by atoms with van der Waals surface area (Å²) in [7, 11) is 0. The SMILES string of the molecule is CC.CC.CCC12CC[C@]1(CC)N=C(N(C(=N)C(C)C)c1ccc(C#N)cc1)c1cc3ccccc3cc12. The Kier molecular flexibility index (Phi) is 9.15. The van der Waals surface area contributed by atoms with Crippen molar-refractivity contribution in [1.82, 2.24) is 0 Å². The van der Waals surface area contributed by atoms with Crippen molar-refractivity contribution in [1.29, 1.82) is 10.7 Å². The van der Waals surface area contributed by atoms with E-state index in [-0.39, 0.29) is 16.9 Å². The molecule has 1 aliphatic heterocycles. The molecule has 3 aromatic carbocycles. The van der Waals surface area contributed by atoms with Crippen molar-refractivity contribution in [3.63, 3.8) is 0 Å². The Bertz CT molecular complexity index is 1340. The molecule has 3 aromatic rings. The largest absolute Gasteiger partial charge is 0.288 e. The standard InChI is InChI=1S/C30H32N4.2C2H6/c1-5-29-15-16-30(29,6-2)33-28(25-17-22-9-7-8-10-23(22)18-26(25)29)34(27(32)20(3)4)24-13-11-21(19-31)12-14-24;2*1-2/h7-14,17-18,20,32H,5-6,15-16H2,1-4H3;2*1-2H3/t29?,30-;;/m0../s1. The molecule has 4 heteroatoms. The van der Waals surface area contributed by atoms with Gasteiger partial charge < -0.3 is 0 Å². The minimum absolute atomic E-state index is 0.0269. The third-order valence-corrected chi connectivity index (χ3v) is 8.26. The molecule has 5 rings (SSSR count). The first-order chi connectivity index (χ1) is 18.4. The van der Waals surface area contributed by atoms with E-state index in [0.717, 1.165) is 42.8 Å². The van der Waals surface area contributed by atoms with E-state index in [1.54, 1.807) is 0 Å². The zero-order valence-electron chi connectivity index (χ0n) is 24.5. The van der Waals surface area contributed by atoms with Crippen LogP contribution in [0.25, 0.3) is 10.8 Å². The number of anilines is 1. The minimum Gasteiger partial charge on any atom is -0.288 e. The second kappa shape index (κ2) is 11.9. The lowest BCUT2D eigenvalue weighted by atomic mass is 9.48. The van der Waals surface area contributed by atoms with Crippen LogP contribution >= 0.6 is 0 Å². The number of fused-ring (bicyclic) bond motifs is 4. The Morgan fingerprint density at radius 1 is 0.947 bits per heavy atom. The molecule has 4 nitrogen and oxygen atoms in total. The van der Waals surface area contributed by atoms with Crippen molar-refractivity contribution in [2.24, 2.45) is 10.9 Å². The highest BCUT2D eigenvalue weighted by Crippen LogP contribution is 2.61. The topological polar surface area (TPSA) is 63.2 Å². The fraction of sp³-hybridized carbons (Fsp3) is 0.441. The van der Waals surface area contributed by atoms with E-state index in [0.29, 0.717) is 11.4 Å². The second-order valence-electron chi connectivity index (χ2n) is 10.0. The highest BCUT2D eigenvalue weighted by molar-refractivity contribution is 6.26. The summed E-state index contributed by atoms with van der Waals surface area (Å²) in [5.41, 5.74) is 3.91. The van der Waals surface area contributed by atoms with E-state index in [2.05, 4.69) is 70.2 Å². The predicted octanol–water partition coefficient (Wildman–Crippen LogP) is 9.25. The van der Waals surface area contributed by atoms with Crippen LogP contribution in [0.2, 0.25) is 0 Å². The zero-order valence-corrected chi connectivity index (χ0v) is 24.5. The van der Waals surface area contributed by atoms with Crippen LogP contribution in [-0.4, -0.2) is 17.2 Å². The number of nitriles is 1. The molecule has 200 valence electrons. The number of hydrogen-bond donors (Lipinski definition) is 1. The first kappa shape index (κ1) is 29.1. The van der Waals surface area contributed by atoms with E-state index in [9.17, 15) is 5.26 Å². The third-order valence-electron chi connectivity index (χ3n) is 8.26. The van der Waals surface area contributed by atoms with Crippen LogP contribution in [0.5, 0.6) is 0 Å². The monoisotopic (exact) mass is 508 g/mol. The van der Waals surface area contributed by atoms with Crippen molar-refractivity contribution in [2.75, 3.05) is 4.90 Å². The first-order valence-electron chi connectivity index (χ1n) is 14.4. The Balaban J connectivity index is 0.000000956. The molecule has 38 heavy (non-hydrogen) atoms. The molecule has 1 fully saturated rings. The predicted molar refractivity (Wildman–Crippen MR) is 164 cm³/mol. The number of hydrogen-bond acceptors (Lipinski definition) is 3. The quantitative estimate of drug-likeness (QED) is 0.282. The smallest absolute Gasteiger partial charge is 0.141 e. The van der Waals surface area contributed by atoms with Crippen LogP contribution in [0.3, 0.4) is 0 Å². The molecule has 1 saturated carbocycles. The van der Waals surface area contributed by atoms with Gasteiger partial charge in [0.05, 0.1) is 17.2 Å². The van der Waals surface area contributed by atoms with Crippen LogP contribution in [0.4, 0.5) is 5.69 Å². The Morgan fingerprint density at radius 3 is 2.03 bits per heavy atom. The summed E-state index contributed by atoms with van der Waals surface area (Å²) >= 11 is 0. The molecule has 1 heterocycles. The van der Waals surface area contributed by atoms with Crippen LogP contribution in [-0.2, 0) is 5.41 Å². The molecule has 1 unspecified atom stereocenters. The number of aliphatic imine (C=N–C) groups is 1. The van der Waals surface area contributed by atoms with Gasteiger partial charge >= 0.3 is 0 Å². The summed E-state index contributed by atoms with van der Waals surface area (Å²) in [6.07, 6.45) is 4.26. The molecule has 0 aromatic heterocycles. The maximum absolute atomic E-state index is 9.31. The summed E-state index contributed by atoms with van der Waals surface area (Å²) in [4.78, 5) is 7.57. The summed E-state index contributed by atoms with van der Waals surface area (Å²) in [6.45, 7) is 16.7. The average molecular weight is 509 g/mol. The molecule has 2 aliphatic rings. The van der Waals surface area contributed by atoms with E-state index in [1.165, 1.54) is 16.3 Å². The molecule has 0 radical (unpaired) electrons. The van der Waals surface area contributed by atoms with Gasteiger partial charge in [-0.05, 0) is 78.4 Å². The maximum Gasteiger partial charge on any atom is 0.141 e. The van der Waals surface area contributed by atoms with Crippen molar-refractivity contribution in [2.45, 2.75) is 92.0 Å². The minimum atomic E-state index is -0.144. The van der Waals surface area contributed by atoms with Gasteiger partial charge in [0.25, 0.3) is 0 Å². The third kappa shape index (κ3) is 4.53. The van der Waals surface area contributed by atoms with Gasteiger partial charge in [-0.1, -0.05) is 79.7 Å². The summed E-state index contributed by atoms with van der Waals surface area (Å²) in [5, 5.41) is 20.9. The molecule has 1 aliphatic carbocycles. The molecule has 0 saturated heterocycles. The summed E-state index contributed by atoms with van der Waals surface area (Å²) < 4.78 is 0. The molecule has 2 atom stereocenters. The fourth-order valence-corrected chi connectivity index (χ4v) is 6.13. The Labute approximate surface area is 229 Å². The number of nitrogens with one attached hydrogen (secondary N) is 1. The van der Waals surface area contributed by atoms with Crippen molar-refractivity contribution < 1.29 is 0 Å². The normalized spacial score (nSPS) is 20.8. The lowest BCUT2D eigenvalue weighted by Gasteiger charge is -2.60. The van der Waals surface area contributed by atoms with Gasteiger partial charge in [0.1, 0.15) is 11.7 Å². The summed E-state index contributed by atoms with van der Waals surface area (Å²) in [5.74, 6) is 1.41. The van der Waals surface area contributed by atoms with Gasteiger partial charge in [-0.25, -0.2) is 0 Å². The molecular weight excluding hydrogens is 464 g/mol. The molecule has 0 bridgehead atoms. The van der Waals surface area contributed by atoms with Crippen molar-refractivity contribution in [3.05, 3.63) is 77.4 Å². The highest BCUT2D eigenvalue weighted by atomic mass is 15.3. The van der Waals surface area contributed by atoms with Gasteiger partial charge in [0.2, 0.25) is 0 Å². The molecular formula is C34H44N4. The number of nitrogens with zero attached hydrogens (tertiary/aromatic N) is 3. The molecule has 1 N–H and O–H groups in total. The average Bonchev–Trinajstić information content (AvgIpc) is 2.96. The second-order valence-corrected chi connectivity index (χ2v) is 10.0. The van der Waals surface area contributed by atoms with E-state index in [4.69, 9.17) is 10.4 Å². The van der Waals surface area contributed by atoms with Gasteiger partial charge in [-0.3, -0.25) is 15.3 Å². The lowest BCUT2D eigenvalue weighted by molar-refractivity contribution is 0.0687.